The number of aryl methyl sites for hydroxylation is 1. The topological polar surface area (TPSA) is 63.6 Å². The lowest BCUT2D eigenvalue weighted by Gasteiger charge is -2.02. The van der Waals surface area contributed by atoms with E-state index in [1.807, 2.05) is 6.92 Å². The van der Waals surface area contributed by atoms with Crippen LogP contribution in [0.1, 0.15) is 5.01 Å². The molecule has 0 atom stereocenters. The minimum atomic E-state index is 0.511. The largest absolute Gasteiger partial charge is 0.357 e. The number of halogens is 1. The second kappa shape index (κ2) is 4.94. The quantitative estimate of drug-likeness (QED) is 0.867. The average Bonchev–Trinajstić information content (AvgIpc) is 2.67. The normalized spacial score (nSPS) is 10.4. The molecule has 0 unspecified atom stereocenters. The van der Waals surface area contributed by atoms with Crippen molar-refractivity contribution >= 4 is 40.6 Å². The first-order chi connectivity index (χ1) is 7.69. The third-order valence-corrected chi connectivity index (χ3v) is 3.91. The predicted octanol–water partition coefficient (Wildman–Crippen LogP) is 2.48. The molecular weight excluding hydrogens is 266 g/mol. The van der Waals surface area contributed by atoms with Crippen LogP contribution in [0.3, 0.4) is 0 Å². The monoisotopic (exact) mass is 273 g/mol. The van der Waals surface area contributed by atoms with Gasteiger partial charge in [0.25, 0.3) is 0 Å². The van der Waals surface area contributed by atoms with E-state index in [0.29, 0.717) is 16.0 Å². The third-order valence-electron chi connectivity index (χ3n) is 1.63. The maximum Gasteiger partial charge on any atom is 0.223 e. The Bertz CT molecular complexity index is 501. The molecule has 2 heterocycles. The van der Waals surface area contributed by atoms with Gasteiger partial charge in [0, 0.05) is 7.05 Å². The molecule has 84 valence electrons. The van der Waals surface area contributed by atoms with Gasteiger partial charge in [-0.1, -0.05) is 22.9 Å². The van der Waals surface area contributed by atoms with Gasteiger partial charge in [-0.15, -0.1) is 10.2 Å². The molecule has 0 amide bonds. The molecule has 0 fully saturated rings. The first-order valence-electron chi connectivity index (χ1n) is 4.37. The summed E-state index contributed by atoms with van der Waals surface area (Å²) in [5.41, 5.74) is 0. The van der Waals surface area contributed by atoms with Gasteiger partial charge in [0.1, 0.15) is 10.0 Å². The molecule has 0 saturated heterocycles. The van der Waals surface area contributed by atoms with Gasteiger partial charge < -0.3 is 5.32 Å². The molecular formula is C8H8ClN5S2. The van der Waals surface area contributed by atoms with Crippen molar-refractivity contribution in [3.63, 3.8) is 0 Å². The van der Waals surface area contributed by atoms with E-state index in [4.69, 9.17) is 11.6 Å². The standard InChI is InChI=1S/C8H8ClN5S2/c1-4-13-14-8(15-4)16-6-5(9)3-11-7(10-2)12-6/h3H,1-2H3,(H,10,11,12). The van der Waals surface area contributed by atoms with Gasteiger partial charge >= 0.3 is 0 Å². The van der Waals surface area contributed by atoms with Crippen LogP contribution in [-0.2, 0) is 0 Å². The summed E-state index contributed by atoms with van der Waals surface area (Å²) in [5, 5.41) is 12.9. The number of anilines is 1. The van der Waals surface area contributed by atoms with Crippen LogP contribution in [0.4, 0.5) is 5.95 Å². The van der Waals surface area contributed by atoms with Crippen molar-refractivity contribution in [2.24, 2.45) is 0 Å². The smallest absolute Gasteiger partial charge is 0.223 e. The van der Waals surface area contributed by atoms with Crippen molar-refractivity contribution < 1.29 is 0 Å². The van der Waals surface area contributed by atoms with Crippen LogP contribution in [-0.4, -0.2) is 27.2 Å². The summed E-state index contributed by atoms with van der Waals surface area (Å²) in [7, 11) is 1.76. The number of nitrogens with zero attached hydrogens (tertiary/aromatic N) is 4. The Morgan fingerprint density at radius 2 is 2.25 bits per heavy atom. The average molecular weight is 274 g/mol. The highest BCUT2D eigenvalue weighted by molar-refractivity contribution is 8.01. The Morgan fingerprint density at radius 3 is 2.88 bits per heavy atom. The van der Waals surface area contributed by atoms with Crippen LogP contribution in [0.25, 0.3) is 0 Å². The summed E-state index contributed by atoms with van der Waals surface area (Å²) in [4.78, 5) is 8.25. The van der Waals surface area contributed by atoms with E-state index in [1.165, 1.54) is 23.1 Å². The van der Waals surface area contributed by atoms with Gasteiger partial charge in [-0.25, -0.2) is 9.97 Å². The predicted molar refractivity (Wildman–Crippen MR) is 65.4 cm³/mol. The van der Waals surface area contributed by atoms with Gasteiger partial charge in [0.15, 0.2) is 4.34 Å². The lowest BCUT2D eigenvalue weighted by molar-refractivity contribution is 0.977. The molecule has 0 aliphatic heterocycles. The summed E-state index contributed by atoms with van der Waals surface area (Å²) >= 11 is 8.89. The zero-order valence-corrected chi connectivity index (χ0v) is 10.9. The lowest BCUT2D eigenvalue weighted by atomic mass is 10.6. The van der Waals surface area contributed by atoms with Gasteiger partial charge in [0.05, 0.1) is 11.2 Å². The molecule has 5 nitrogen and oxygen atoms in total. The highest BCUT2D eigenvalue weighted by atomic mass is 35.5. The Balaban J connectivity index is 2.26. The van der Waals surface area contributed by atoms with Crippen LogP contribution in [0.2, 0.25) is 5.02 Å². The van der Waals surface area contributed by atoms with Gasteiger partial charge in [-0.2, -0.15) is 0 Å². The second-order valence-corrected chi connectivity index (χ2v) is 5.61. The molecule has 0 aliphatic rings. The van der Waals surface area contributed by atoms with Crippen molar-refractivity contribution in [2.45, 2.75) is 16.3 Å². The first-order valence-corrected chi connectivity index (χ1v) is 6.38. The summed E-state index contributed by atoms with van der Waals surface area (Å²) in [6.45, 7) is 1.91. The fraction of sp³-hybridized carbons (Fsp3) is 0.250. The van der Waals surface area contributed by atoms with Gasteiger partial charge in [-0.05, 0) is 18.7 Å². The van der Waals surface area contributed by atoms with E-state index < -0.39 is 0 Å². The van der Waals surface area contributed by atoms with Crippen LogP contribution in [0.15, 0.2) is 15.6 Å². The SMILES string of the molecule is CNc1ncc(Cl)c(Sc2nnc(C)s2)n1. The molecule has 2 aromatic rings. The minimum Gasteiger partial charge on any atom is -0.357 e. The maximum absolute atomic E-state index is 5.99. The fourth-order valence-electron chi connectivity index (χ4n) is 0.946. The summed E-state index contributed by atoms with van der Waals surface area (Å²) in [6.07, 6.45) is 1.57. The molecule has 16 heavy (non-hydrogen) atoms. The lowest BCUT2D eigenvalue weighted by Crippen LogP contribution is -1.96. The van der Waals surface area contributed by atoms with Crippen LogP contribution in [0.5, 0.6) is 0 Å². The maximum atomic E-state index is 5.99. The summed E-state index contributed by atoms with van der Waals surface area (Å²) in [6, 6.07) is 0. The first kappa shape index (κ1) is 11.6. The highest BCUT2D eigenvalue weighted by Crippen LogP contribution is 2.33. The van der Waals surface area contributed by atoms with E-state index in [1.54, 1.807) is 13.2 Å². The van der Waals surface area contributed by atoms with Crippen molar-refractivity contribution in [3.05, 3.63) is 16.2 Å². The summed E-state index contributed by atoms with van der Waals surface area (Å²) in [5.74, 6) is 0.535. The van der Waals surface area contributed by atoms with Crippen LogP contribution < -0.4 is 5.32 Å². The fourth-order valence-corrected chi connectivity index (χ4v) is 2.86. The number of hydrogen-bond donors (Lipinski definition) is 1. The Labute approximate surface area is 106 Å². The third kappa shape index (κ3) is 2.60. The molecule has 0 radical (unpaired) electrons. The van der Waals surface area contributed by atoms with Crippen molar-refractivity contribution in [1.29, 1.82) is 0 Å². The number of aromatic nitrogens is 4. The molecule has 0 spiro atoms. The van der Waals surface area contributed by atoms with E-state index >= 15 is 0 Å². The van der Waals surface area contributed by atoms with Crippen molar-refractivity contribution in [2.75, 3.05) is 12.4 Å². The Morgan fingerprint density at radius 1 is 1.44 bits per heavy atom. The molecule has 0 saturated carbocycles. The van der Waals surface area contributed by atoms with Crippen LogP contribution in [0, 0.1) is 6.92 Å². The number of nitrogens with one attached hydrogen (secondary N) is 1. The Kier molecular flexibility index (Phi) is 3.57. The molecule has 2 rings (SSSR count). The molecule has 0 bridgehead atoms. The van der Waals surface area contributed by atoms with E-state index in [0.717, 1.165) is 9.35 Å². The number of rotatable bonds is 3. The van der Waals surface area contributed by atoms with Gasteiger partial charge in [0.2, 0.25) is 5.95 Å². The van der Waals surface area contributed by atoms with Crippen LogP contribution >= 0.6 is 34.7 Å². The second-order valence-electron chi connectivity index (χ2n) is 2.79. The van der Waals surface area contributed by atoms with Gasteiger partial charge in [-0.3, -0.25) is 0 Å². The Hall–Kier alpha value is -0.920. The van der Waals surface area contributed by atoms with Crippen molar-refractivity contribution in [1.82, 2.24) is 20.2 Å². The zero-order chi connectivity index (χ0) is 11.5. The number of hydrogen-bond acceptors (Lipinski definition) is 7. The van der Waals surface area contributed by atoms with Crippen molar-refractivity contribution in [3.8, 4) is 0 Å². The highest BCUT2D eigenvalue weighted by Gasteiger charge is 2.09. The van der Waals surface area contributed by atoms with E-state index in [2.05, 4.69) is 25.5 Å². The molecule has 0 aromatic carbocycles. The van der Waals surface area contributed by atoms with E-state index in [-0.39, 0.29) is 0 Å². The molecule has 1 N–H and O–H groups in total. The zero-order valence-electron chi connectivity index (χ0n) is 8.56. The minimum absolute atomic E-state index is 0.511. The van der Waals surface area contributed by atoms with E-state index in [9.17, 15) is 0 Å². The molecule has 8 heteroatoms. The molecule has 0 aliphatic carbocycles. The summed E-state index contributed by atoms with van der Waals surface area (Å²) < 4.78 is 0.820. The molecule has 2 aromatic heterocycles.